The Morgan fingerprint density at radius 3 is 2.69 bits per heavy atom. The minimum Gasteiger partial charge on any atom is -0.484 e. The van der Waals surface area contributed by atoms with Gasteiger partial charge in [-0.15, -0.1) is 0 Å². The summed E-state index contributed by atoms with van der Waals surface area (Å²) in [6.07, 6.45) is 3.79. The molecular formula is C27H34N2O3. The summed E-state index contributed by atoms with van der Waals surface area (Å²) in [4.78, 5) is 27.3. The van der Waals surface area contributed by atoms with E-state index < -0.39 is 0 Å². The largest absolute Gasteiger partial charge is 0.484 e. The van der Waals surface area contributed by atoms with E-state index in [-0.39, 0.29) is 30.4 Å². The molecule has 0 bridgehead atoms. The molecule has 0 spiro atoms. The van der Waals surface area contributed by atoms with Gasteiger partial charge in [0.25, 0.3) is 5.91 Å². The maximum Gasteiger partial charge on any atom is 0.257 e. The smallest absolute Gasteiger partial charge is 0.257 e. The molecule has 1 saturated carbocycles. The predicted octanol–water partition coefficient (Wildman–Crippen LogP) is 4.42. The molecule has 0 radical (unpaired) electrons. The monoisotopic (exact) mass is 434 g/mol. The zero-order valence-electron chi connectivity index (χ0n) is 19.4. The van der Waals surface area contributed by atoms with Crippen LogP contribution in [0, 0.1) is 18.8 Å². The zero-order valence-corrected chi connectivity index (χ0v) is 19.4. The quantitative estimate of drug-likeness (QED) is 0.669. The summed E-state index contributed by atoms with van der Waals surface area (Å²) in [5.74, 6) is 1.55. The van der Waals surface area contributed by atoms with Gasteiger partial charge in [-0.3, -0.25) is 9.59 Å². The van der Waals surface area contributed by atoms with Crippen molar-refractivity contribution in [1.29, 1.82) is 0 Å². The molecule has 1 aliphatic heterocycles. The number of nitrogens with one attached hydrogen (secondary N) is 1. The lowest BCUT2D eigenvalue weighted by Crippen LogP contribution is -2.41. The summed E-state index contributed by atoms with van der Waals surface area (Å²) >= 11 is 0. The molecule has 0 saturated heterocycles. The van der Waals surface area contributed by atoms with Crippen LogP contribution in [0.25, 0.3) is 0 Å². The molecule has 32 heavy (non-hydrogen) atoms. The Labute approximate surface area is 191 Å². The fraction of sp³-hybridized carbons (Fsp3) is 0.481. The summed E-state index contributed by atoms with van der Waals surface area (Å²) < 4.78 is 5.84. The average molecular weight is 435 g/mol. The van der Waals surface area contributed by atoms with Crippen molar-refractivity contribution in [3.63, 3.8) is 0 Å². The van der Waals surface area contributed by atoms with Crippen molar-refractivity contribution in [2.75, 3.05) is 19.7 Å². The third kappa shape index (κ3) is 5.32. The van der Waals surface area contributed by atoms with Crippen molar-refractivity contribution in [2.45, 2.75) is 52.5 Å². The van der Waals surface area contributed by atoms with Crippen LogP contribution in [0.4, 0.5) is 0 Å². The maximum atomic E-state index is 13.1. The van der Waals surface area contributed by atoms with Gasteiger partial charge in [0.1, 0.15) is 5.75 Å². The minimum absolute atomic E-state index is 0.00326. The molecule has 5 nitrogen and oxygen atoms in total. The van der Waals surface area contributed by atoms with E-state index in [1.54, 1.807) is 0 Å². The molecule has 0 aromatic heterocycles. The molecule has 1 atom stereocenters. The molecule has 5 heteroatoms. The number of nitrogens with zero attached hydrogens (tertiary/aromatic N) is 1. The second kappa shape index (κ2) is 9.76. The van der Waals surface area contributed by atoms with Crippen LogP contribution in [0.15, 0.2) is 42.5 Å². The first kappa shape index (κ1) is 22.4. The van der Waals surface area contributed by atoms with Crippen molar-refractivity contribution in [3.8, 4) is 5.75 Å². The lowest BCUT2D eigenvalue weighted by molar-refractivity contribution is -0.134. The fourth-order valence-electron chi connectivity index (χ4n) is 4.39. The van der Waals surface area contributed by atoms with Crippen LogP contribution in [0.2, 0.25) is 0 Å². The third-order valence-corrected chi connectivity index (χ3v) is 6.33. The normalized spacial score (nSPS) is 17.8. The second-order valence-corrected chi connectivity index (χ2v) is 9.55. The highest BCUT2D eigenvalue weighted by molar-refractivity contribution is 5.82. The molecule has 1 fully saturated rings. The van der Waals surface area contributed by atoms with Crippen molar-refractivity contribution < 1.29 is 14.3 Å². The number of fused-ring (bicyclic) bond motifs is 1. The van der Waals surface area contributed by atoms with Crippen molar-refractivity contribution in [1.82, 2.24) is 10.2 Å². The van der Waals surface area contributed by atoms with E-state index in [1.165, 1.54) is 11.1 Å². The Morgan fingerprint density at radius 1 is 1.16 bits per heavy atom. The number of aryl methyl sites for hydroxylation is 1. The Bertz CT molecular complexity index is 981. The molecule has 2 amide bonds. The molecule has 2 aromatic rings. The van der Waals surface area contributed by atoms with Gasteiger partial charge in [0.15, 0.2) is 6.61 Å². The maximum absolute atomic E-state index is 13.1. The molecule has 1 N–H and O–H groups in total. The number of carbonyl (C=O) groups excluding carboxylic acids is 2. The number of amides is 2. The van der Waals surface area contributed by atoms with E-state index in [1.807, 2.05) is 12.1 Å². The van der Waals surface area contributed by atoms with E-state index in [4.69, 9.17) is 4.74 Å². The standard InChI is InChI=1S/C27H34N2O3/c1-18(2)11-13-28-25(30)17-32-23-10-9-20-12-14-29(27(31)21-7-8-21)26(24(20)16-23)22-6-4-5-19(3)15-22/h4-6,9-10,15-16,18,21,26H,7-8,11-14,17H2,1-3H3,(H,28,30). The third-order valence-electron chi connectivity index (χ3n) is 6.33. The van der Waals surface area contributed by atoms with Crippen LogP contribution < -0.4 is 10.1 Å². The van der Waals surface area contributed by atoms with Gasteiger partial charge in [-0.1, -0.05) is 49.7 Å². The molecule has 4 rings (SSSR count). The van der Waals surface area contributed by atoms with Gasteiger partial charge in [0.2, 0.25) is 5.91 Å². The summed E-state index contributed by atoms with van der Waals surface area (Å²) in [6, 6.07) is 14.3. The number of rotatable bonds is 8. The molecule has 1 heterocycles. The number of hydrogen-bond donors (Lipinski definition) is 1. The molecule has 170 valence electrons. The molecule has 2 aromatic carbocycles. The highest BCUT2D eigenvalue weighted by atomic mass is 16.5. The number of hydrogen-bond acceptors (Lipinski definition) is 3. The van der Waals surface area contributed by atoms with Crippen molar-refractivity contribution in [3.05, 3.63) is 64.7 Å². The molecule has 1 aliphatic carbocycles. The summed E-state index contributed by atoms with van der Waals surface area (Å²) in [6.45, 7) is 7.75. The van der Waals surface area contributed by atoms with Crippen LogP contribution in [0.1, 0.15) is 61.4 Å². The van der Waals surface area contributed by atoms with Crippen LogP contribution in [-0.2, 0) is 16.0 Å². The van der Waals surface area contributed by atoms with E-state index in [0.29, 0.717) is 18.2 Å². The lowest BCUT2D eigenvalue weighted by atomic mass is 9.87. The van der Waals surface area contributed by atoms with E-state index in [2.05, 4.69) is 61.3 Å². The Hall–Kier alpha value is -2.82. The van der Waals surface area contributed by atoms with Gasteiger partial charge < -0.3 is 15.0 Å². The summed E-state index contributed by atoms with van der Waals surface area (Å²) in [5, 5.41) is 2.91. The predicted molar refractivity (Wildman–Crippen MR) is 126 cm³/mol. The average Bonchev–Trinajstić information content (AvgIpc) is 3.61. The first-order chi connectivity index (χ1) is 15.4. The summed E-state index contributed by atoms with van der Waals surface area (Å²) in [7, 11) is 0. The van der Waals surface area contributed by atoms with Gasteiger partial charge in [-0.2, -0.15) is 0 Å². The SMILES string of the molecule is Cc1cccc(C2c3cc(OCC(=O)NCCC(C)C)ccc3CCN2C(=O)C2CC2)c1. The molecular weight excluding hydrogens is 400 g/mol. The number of ether oxygens (including phenoxy) is 1. The van der Waals surface area contributed by atoms with Gasteiger partial charge >= 0.3 is 0 Å². The second-order valence-electron chi connectivity index (χ2n) is 9.55. The van der Waals surface area contributed by atoms with E-state index in [9.17, 15) is 9.59 Å². The lowest BCUT2D eigenvalue weighted by Gasteiger charge is -2.38. The van der Waals surface area contributed by atoms with Gasteiger partial charge in [0, 0.05) is 19.0 Å². The highest BCUT2D eigenvalue weighted by Gasteiger charge is 2.39. The van der Waals surface area contributed by atoms with Crippen LogP contribution in [-0.4, -0.2) is 36.4 Å². The Kier molecular flexibility index (Phi) is 6.83. The number of carbonyl (C=O) groups is 2. The van der Waals surface area contributed by atoms with Crippen LogP contribution >= 0.6 is 0 Å². The van der Waals surface area contributed by atoms with Crippen molar-refractivity contribution >= 4 is 11.8 Å². The topological polar surface area (TPSA) is 58.6 Å². The van der Waals surface area contributed by atoms with Crippen LogP contribution in [0.5, 0.6) is 5.75 Å². The van der Waals surface area contributed by atoms with E-state index >= 15 is 0 Å². The molecule has 1 unspecified atom stereocenters. The number of benzene rings is 2. The van der Waals surface area contributed by atoms with Gasteiger partial charge in [-0.25, -0.2) is 0 Å². The Morgan fingerprint density at radius 2 is 1.97 bits per heavy atom. The fourth-order valence-corrected chi connectivity index (χ4v) is 4.39. The summed E-state index contributed by atoms with van der Waals surface area (Å²) in [5.41, 5.74) is 4.65. The molecule has 2 aliphatic rings. The van der Waals surface area contributed by atoms with E-state index in [0.717, 1.165) is 43.4 Å². The van der Waals surface area contributed by atoms with Crippen LogP contribution in [0.3, 0.4) is 0 Å². The van der Waals surface area contributed by atoms with Gasteiger partial charge in [0.05, 0.1) is 6.04 Å². The van der Waals surface area contributed by atoms with Gasteiger partial charge in [-0.05, 0) is 67.3 Å². The Balaban J connectivity index is 1.55. The minimum atomic E-state index is -0.116. The zero-order chi connectivity index (χ0) is 22.7. The first-order valence-corrected chi connectivity index (χ1v) is 11.8. The first-order valence-electron chi connectivity index (χ1n) is 11.8. The van der Waals surface area contributed by atoms with Crippen molar-refractivity contribution in [2.24, 2.45) is 11.8 Å². The highest BCUT2D eigenvalue weighted by Crippen LogP contribution is 2.41.